The third kappa shape index (κ3) is 1.05. The summed E-state index contributed by atoms with van der Waals surface area (Å²) in [6.07, 6.45) is 1.72. The first kappa shape index (κ1) is 6.92. The van der Waals surface area contributed by atoms with Crippen molar-refractivity contribution in [1.29, 1.82) is 0 Å². The zero-order valence-electron chi connectivity index (χ0n) is 6.03. The van der Waals surface area contributed by atoms with Crippen LogP contribution in [0.4, 0.5) is 0 Å². The molecule has 0 atom stereocenters. The Hall–Kier alpha value is -1.19. The Morgan fingerprint density at radius 1 is 1.80 bits per heavy atom. The fraction of sp³-hybridized carbons (Fsp3) is 0.500. The van der Waals surface area contributed by atoms with Gasteiger partial charge in [0.2, 0.25) is 0 Å². The van der Waals surface area contributed by atoms with Gasteiger partial charge in [0, 0.05) is 18.9 Å². The van der Waals surface area contributed by atoms with Crippen LogP contribution in [0.5, 0.6) is 0 Å². The lowest BCUT2D eigenvalue weighted by Gasteiger charge is -1.96. The molecule has 4 heteroatoms. The zero-order chi connectivity index (χ0) is 7.56. The molecule has 4 nitrogen and oxygen atoms in total. The second-order valence-corrected chi connectivity index (χ2v) is 2.16. The molecular formula is C6H9N3O. The molecule has 0 amide bonds. The van der Waals surface area contributed by atoms with Crippen molar-refractivity contribution in [2.24, 2.45) is 12.2 Å². The molecular weight excluding hydrogens is 130 g/mol. The van der Waals surface area contributed by atoms with E-state index in [-0.39, 0.29) is 6.54 Å². The predicted molar refractivity (Wildman–Crippen MR) is 37.4 cm³/mol. The second-order valence-electron chi connectivity index (χ2n) is 2.16. The number of nitrogens with zero attached hydrogens (tertiary/aromatic N) is 3. The van der Waals surface area contributed by atoms with E-state index in [0.29, 0.717) is 5.82 Å². The Bertz CT molecular complexity index is 241. The van der Waals surface area contributed by atoms with Gasteiger partial charge >= 0.3 is 0 Å². The Morgan fingerprint density at radius 3 is 2.90 bits per heavy atom. The van der Waals surface area contributed by atoms with Crippen molar-refractivity contribution < 1.29 is 0 Å². The van der Waals surface area contributed by atoms with E-state index >= 15 is 0 Å². The highest BCUT2D eigenvalue weighted by Crippen LogP contribution is 2.01. The van der Waals surface area contributed by atoms with Gasteiger partial charge in [0.05, 0.1) is 0 Å². The van der Waals surface area contributed by atoms with Crippen molar-refractivity contribution in [2.75, 3.05) is 0 Å². The third-order valence-corrected chi connectivity index (χ3v) is 1.52. The molecule has 0 saturated heterocycles. The summed E-state index contributed by atoms with van der Waals surface area (Å²) >= 11 is 0. The minimum Gasteiger partial charge on any atom is -0.334 e. The second kappa shape index (κ2) is 2.60. The fourth-order valence-electron chi connectivity index (χ4n) is 0.749. The van der Waals surface area contributed by atoms with Crippen molar-refractivity contribution in [3.63, 3.8) is 0 Å². The molecule has 1 heterocycles. The van der Waals surface area contributed by atoms with Gasteiger partial charge in [0.25, 0.3) is 0 Å². The van der Waals surface area contributed by atoms with Crippen LogP contribution in [-0.2, 0) is 13.6 Å². The maximum Gasteiger partial charge on any atom is 0.139 e. The summed E-state index contributed by atoms with van der Waals surface area (Å²) in [5.74, 6) is 0.715. The molecule has 0 bridgehead atoms. The van der Waals surface area contributed by atoms with Gasteiger partial charge in [-0.2, -0.15) is 4.91 Å². The van der Waals surface area contributed by atoms with E-state index in [0.717, 1.165) is 5.69 Å². The normalized spacial score (nSPS) is 9.80. The van der Waals surface area contributed by atoms with Crippen LogP contribution in [0.25, 0.3) is 0 Å². The van der Waals surface area contributed by atoms with Crippen molar-refractivity contribution >= 4 is 0 Å². The molecule has 1 rings (SSSR count). The van der Waals surface area contributed by atoms with Crippen LogP contribution in [0.3, 0.4) is 0 Å². The number of rotatable bonds is 2. The van der Waals surface area contributed by atoms with E-state index in [1.165, 1.54) is 0 Å². The quantitative estimate of drug-likeness (QED) is 0.574. The lowest BCUT2D eigenvalue weighted by molar-refractivity contribution is 0.772. The van der Waals surface area contributed by atoms with Gasteiger partial charge < -0.3 is 4.57 Å². The van der Waals surface area contributed by atoms with Gasteiger partial charge in [-0.05, 0) is 6.92 Å². The van der Waals surface area contributed by atoms with Crippen LogP contribution in [-0.4, -0.2) is 9.55 Å². The standard InChI is InChI=1S/C6H9N3O/c1-5-3-7-6(4-8-10)9(5)2/h3H,4H2,1-2H3. The SMILES string of the molecule is Cc1cnc(CN=O)n1C. The topological polar surface area (TPSA) is 47.2 Å². The monoisotopic (exact) mass is 139 g/mol. The van der Waals surface area contributed by atoms with Gasteiger partial charge in [0.15, 0.2) is 0 Å². The molecule has 54 valence electrons. The van der Waals surface area contributed by atoms with Gasteiger partial charge in [0.1, 0.15) is 12.4 Å². The lowest BCUT2D eigenvalue weighted by Crippen LogP contribution is -1.97. The molecule has 0 aromatic carbocycles. The van der Waals surface area contributed by atoms with Crippen molar-refractivity contribution in [1.82, 2.24) is 9.55 Å². The number of aromatic nitrogens is 2. The van der Waals surface area contributed by atoms with E-state index in [4.69, 9.17) is 0 Å². The largest absolute Gasteiger partial charge is 0.334 e. The smallest absolute Gasteiger partial charge is 0.139 e. The van der Waals surface area contributed by atoms with Gasteiger partial charge in [-0.1, -0.05) is 5.18 Å². The summed E-state index contributed by atoms with van der Waals surface area (Å²) in [6, 6.07) is 0. The molecule has 0 aliphatic rings. The predicted octanol–water partition coefficient (Wildman–Crippen LogP) is 0.995. The number of hydrogen-bond donors (Lipinski definition) is 0. The van der Waals surface area contributed by atoms with Gasteiger partial charge in [-0.15, -0.1) is 0 Å². The minimum absolute atomic E-state index is 0.157. The lowest BCUT2D eigenvalue weighted by atomic mass is 10.5. The molecule has 1 aromatic rings. The summed E-state index contributed by atoms with van der Waals surface area (Å²) in [7, 11) is 1.86. The van der Waals surface area contributed by atoms with E-state index in [9.17, 15) is 4.91 Å². The molecule has 0 spiro atoms. The number of nitroso groups, excluding NO2 is 1. The Balaban J connectivity index is 2.93. The first-order valence-corrected chi connectivity index (χ1v) is 3.02. The van der Waals surface area contributed by atoms with Gasteiger partial charge in [-0.25, -0.2) is 4.98 Å². The molecule has 0 saturated carbocycles. The maximum atomic E-state index is 9.83. The van der Waals surface area contributed by atoms with E-state index in [2.05, 4.69) is 10.2 Å². The summed E-state index contributed by atoms with van der Waals surface area (Å²) in [6.45, 7) is 2.09. The fourth-order valence-corrected chi connectivity index (χ4v) is 0.749. The molecule has 0 radical (unpaired) electrons. The van der Waals surface area contributed by atoms with E-state index < -0.39 is 0 Å². The molecule has 0 N–H and O–H groups in total. The summed E-state index contributed by atoms with van der Waals surface area (Å²) in [5, 5.41) is 2.75. The van der Waals surface area contributed by atoms with E-state index in [1.54, 1.807) is 6.20 Å². The average Bonchev–Trinajstić information content (AvgIpc) is 2.20. The minimum atomic E-state index is 0.157. The first-order valence-electron chi connectivity index (χ1n) is 3.02. The highest BCUT2D eigenvalue weighted by Gasteiger charge is 2.00. The molecule has 0 unspecified atom stereocenters. The van der Waals surface area contributed by atoms with Crippen LogP contribution < -0.4 is 0 Å². The first-order chi connectivity index (χ1) is 4.75. The van der Waals surface area contributed by atoms with Crippen molar-refractivity contribution in [3.05, 3.63) is 22.6 Å². The maximum absolute atomic E-state index is 9.83. The molecule has 10 heavy (non-hydrogen) atoms. The summed E-state index contributed by atoms with van der Waals surface area (Å²) in [4.78, 5) is 13.8. The number of aryl methyl sites for hydroxylation is 1. The van der Waals surface area contributed by atoms with Crippen LogP contribution in [0.1, 0.15) is 11.5 Å². The van der Waals surface area contributed by atoms with E-state index in [1.807, 2.05) is 18.5 Å². The van der Waals surface area contributed by atoms with Gasteiger partial charge in [-0.3, -0.25) is 0 Å². The number of imidazole rings is 1. The van der Waals surface area contributed by atoms with Crippen LogP contribution in [0.2, 0.25) is 0 Å². The third-order valence-electron chi connectivity index (χ3n) is 1.52. The Labute approximate surface area is 58.9 Å². The highest BCUT2D eigenvalue weighted by molar-refractivity contribution is 5.01. The van der Waals surface area contributed by atoms with Crippen LogP contribution in [0.15, 0.2) is 11.4 Å². The van der Waals surface area contributed by atoms with Crippen LogP contribution in [0, 0.1) is 11.8 Å². The average molecular weight is 139 g/mol. The Morgan fingerprint density at radius 2 is 2.50 bits per heavy atom. The zero-order valence-corrected chi connectivity index (χ0v) is 6.03. The molecule has 0 aliphatic carbocycles. The number of hydrogen-bond acceptors (Lipinski definition) is 3. The molecule has 0 aliphatic heterocycles. The molecule has 0 fully saturated rings. The summed E-state index contributed by atoms with van der Waals surface area (Å²) < 4.78 is 1.85. The van der Waals surface area contributed by atoms with Crippen molar-refractivity contribution in [2.45, 2.75) is 13.5 Å². The highest BCUT2D eigenvalue weighted by atomic mass is 16.3. The van der Waals surface area contributed by atoms with Crippen LogP contribution >= 0.6 is 0 Å². The van der Waals surface area contributed by atoms with Crippen molar-refractivity contribution in [3.8, 4) is 0 Å². The molecule has 1 aromatic heterocycles. The summed E-state index contributed by atoms with van der Waals surface area (Å²) in [5.41, 5.74) is 1.04. The Kier molecular flexibility index (Phi) is 1.80.